The summed E-state index contributed by atoms with van der Waals surface area (Å²) in [4.78, 5) is 24.1. The Bertz CT molecular complexity index is 1070. The Labute approximate surface area is 191 Å². The number of amides is 1. The summed E-state index contributed by atoms with van der Waals surface area (Å²) in [6.45, 7) is 4.96. The molecule has 2 aromatic heterocycles. The Morgan fingerprint density at radius 2 is 1.97 bits per heavy atom. The van der Waals surface area contributed by atoms with E-state index in [4.69, 9.17) is 19.4 Å². The lowest BCUT2D eigenvalue weighted by molar-refractivity contribution is -0.123. The molecule has 170 valence electrons. The van der Waals surface area contributed by atoms with E-state index in [9.17, 15) is 4.79 Å². The smallest absolute Gasteiger partial charge is 0.258 e. The normalized spacial score (nSPS) is 13.5. The number of benzene rings is 1. The lowest BCUT2D eigenvalue weighted by atomic mass is 10.3. The van der Waals surface area contributed by atoms with E-state index in [-0.39, 0.29) is 12.5 Å². The van der Waals surface area contributed by atoms with Gasteiger partial charge in [-0.05, 0) is 30.7 Å². The number of fused-ring (bicyclic) bond motifs is 1. The van der Waals surface area contributed by atoms with Gasteiger partial charge in [-0.25, -0.2) is 14.6 Å². The molecule has 32 heavy (non-hydrogen) atoms. The van der Waals surface area contributed by atoms with Gasteiger partial charge in [0.2, 0.25) is 0 Å². The van der Waals surface area contributed by atoms with Gasteiger partial charge in [0.25, 0.3) is 5.91 Å². The van der Waals surface area contributed by atoms with Crippen molar-refractivity contribution in [2.45, 2.75) is 31.5 Å². The van der Waals surface area contributed by atoms with Crippen molar-refractivity contribution in [2.75, 3.05) is 44.0 Å². The van der Waals surface area contributed by atoms with Gasteiger partial charge in [0.15, 0.2) is 28.9 Å². The Morgan fingerprint density at radius 3 is 2.72 bits per heavy atom. The molecule has 1 saturated heterocycles. The summed E-state index contributed by atoms with van der Waals surface area (Å²) in [6.07, 6.45) is 4.19. The Balaban J connectivity index is 1.39. The lowest BCUT2D eigenvalue weighted by Crippen LogP contribution is -2.31. The molecule has 1 aliphatic rings. The van der Waals surface area contributed by atoms with Gasteiger partial charge in [-0.3, -0.25) is 4.79 Å². The van der Waals surface area contributed by atoms with Crippen LogP contribution < -0.4 is 19.7 Å². The first-order chi connectivity index (χ1) is 15.7. The van der Waals surface area contributed by atoms with Crippen LogP contribution in [0.3, 0.4) is 0 Å². The Hall–Kier alpha value is -3.01. The van der Waals surface area contributed by atoms with Crippen molar-refractivity contribution in [3.63, 3.8) is 0 Å². The van der Waals surface area contributed by atoms with Crippen LogP contribution in [0.25, 0.3) is 11.0 Å². The molecule has 9 nitrogen and oxygen atoms in total. The second-order valence-electron chi connectivity index (χ2n) is 7.35. The van der Waals surface area contributed by atoms with Crippen molar-refractivity contribution in [2.24, 2.45) is 0 Å². The average molecular weight is 457 g/mol. The van der Waals surface area contributed by atoms with Crippen LogP contribution in [0.4, 0.5) is 5.82 Å². The number of nitrogens with one attached hydrogen (secondary N) is 1. The molecule has 0 spiro atoms. The standard InChI is InChI=1S/C22H28N6O3S/c1-3-32-22-25-20(27-11-6-7-12-27)16-14-24-28(21(16)26-22)13-10-23-19(29)15-31-18-9-5-4-8-17(18)30-2/h4-5,8-9,14H,3,6-7,10-13,15H2,1-2H3,(H,23,29). The topological polar surface area (TPSA) is 94.4 Å². The van der Waals surface area contributed by atoms with Gasteiger partial charge >= 0.3 is 0 Å². The predicted octanol–water partition coefficient (Wildman–Crippen LogP) is 2.74. The number of anilines is 1. The molecule has 3 heterocycles. The molecule has 0 radical (unpaired) electrons. The van der Waals surface area contributed by atoms with Gasteiger partial charge in [0.1, 0.15) is 5.82 Å². The van der Waals surface area contributed by atoms with Crippen molar-refractivity contribution in [3.8, 4) is 11.5 Å². The first-order valence-corrected chi connectivity index (χ1v) is 11.8. The van der Waals surface area contributed by atoms with Gasteiger partial charge in [0.05, 0.1) is 25.2 Å². The minimum absolute atomic E-state index is 0.0845. The summed E-state index contributed by atoms with van der Waals surface area (Å²) in [5.74, 6) is 2.79. The minimum atomic E-state index is -0.207. The molecule has 0 bridgehead atoms. The maximum Gasteiger partial charge on any atom is 0.258 e. The van der Waals surface area contributed by atoms with Crippen LogP contribution in [0.2, 0.25) is 0 Å². The number of rotatable bonds is 10. The molecule has 10 heteroatoms. The molecule has 0 saturated carbocycles. The largest absolute Gasteiger partial charge is 0.493 e. The third-order valence-corrected chi connectivity index (χ3v) is 5.94. The second kappa shape index (κ2) is 10.5. The van der Waals surface area contributed by atoms with Crippen molar-refractivity contribution in [1.82, 2.24) is 25.1 Å². The van der Waals surface area contributed by atoms with Crippen LogP contribution in [-0.4, -0.2) is 64.8 Å². The predicted molar refractivity (Wildman–Crippen MR) is 125 cm³/mol. The summed E-state index contributed by atoms with van der Waals surface area (Å²) in [5.41, 5.74) is 0.803. The van der Waals surface area contributed by atoms with Crippen molar-refractivity contribution >= 4 is 34.5 Å². The number of methoxy groups -OCH3 is 1. The van der Waals surface area contributed by atoms with E-state index in [0.29, 0.717) is 24.6 Å². The zero-order valence-corrected chi connectivity index (χ0v) is 19.2. The van der Waals surface area contributed by atoms with Gasteiger partial charge in [0, 0.05) is 19.6 Å². The number of ether oxygens (including phenoxy) is 2. The first-order valence-electron chi connectivity index (χ1n) is 10.8. The third-order valence-electron chi connectivity index (χ3n) is 5.21. The van der Waals surface area contributed by atoms with Gasteiger partial charge in [-0.2, -0.15) is 5.10 Å². The molecular weight excluding hydrogens is 428 g/mol. The van der Waals surface area contributed by atoms with Gasteiger partial charge in [-0.1, -0.05) is 30.8 Å². The molecule has 1 fully saturated rings. The Morgan fingerprint density at radius 1 is 1.19 bits per heavy atom. The van der Waals surface area contributed by atoms with Crippen LogP contribution in [0.15, 0.2) is 35.6 Å². The number of carbonyl (C=O) groups excluding carboxylic acids is 1. The number of hydrogen-bond acceptors (Lipinski definition) is 8. The summed E-state index contributed by atoms with van der Waals surface area (Å²) >= 11 is 1.62. The van der Waals surface area contributed by atoms with E-state index < -0.39 is 0 Å². The van der Waals surface area contributed by atoms with Crippen molar-refractivity contribution < 1.29 is 14.3 Å². The monoisotopic (exact) mass is 456 g/mol. The van der Waals surface area contributed by atoms with E-state index in [1.165, 1.54) is 12.8 Å². The fourth-order valence-corrected chi connectivity index (χ4v) is 4.24. The molecule has 0 unspecified atom stereocenters. The number of nitrogens with zero attached hydrogens (tertiary/aromatic N) is 5. The molecular formula is C22H28N6O3S. The fraction of sp³-hybridized carbons (Fsp3) is 0.455. The van der Waals surface area contributed by atoms with E-state index in [0.717, 1.165) is 40.9 Å². The van der Waals surface area contributed by atoms with Crippen LogP contribution in [0.1, 0.15) is 19.8 Å². The SMILES string of the molecule is CCSc1nc(N2CCCC2)c2cnn(CCNC(=O)COc3ccccc3OC)c2n1. The highest BCUT2D eigenvalue weighted by Gasteiger charge is 2.20. The average Bonchev–Trinajstić information content (AvgIpc) is 3.48. The van der Waals surface area contributed by atoms with Crippen LogP contribution >= 0.6 is 11.8 Å². The lowest BCUT2D eigenvalue weighted by Gasteiger charge is -2.17. The van der Waals surface area contributed by atoms with Crippen LogP contribution in [0, 0.1) is 0 Å². The van der Waals surface area contributed by atoms with Gasteiger partial charge in [-0.15, -0.1) is 0 Å². The third kappa shape index (κ3) is 5.07. The number of carbonyl (C=O) groups is 1. The summed E-state index contributed by atoms with van der Waals surface area (Å²) in [6, 6.07) is 7.25. The minimum Gasteiger partial charge on any atom is -0.493 e. The molecule has 1 aromatic carbocycles. The highest BCUT2D eigenvalue weighted by Crippen LogP contribution is 2.29. The summed E-state index contributed by atoms with van der Waals surface area (Å²) in [7, 11) is 1.57. The summed E-state index contributed by atoms with van der Waals surface area (Å²) in [5, 5.41) is 9.12. The molecule has 3 aromatic rings. The Kier molecular flexibility index (Phi) is 7.31. The second-order valence-corrected chi connectivity index (χ2v) is 8.58. The van der Waals surface area contributed by atoms with E-state index in [1.54, 1.807) is 31.0 Å². The molecule has 0 aliphatic carbocycles. The maximum absolute atomic E-state index is 12.2. The summed E-state index contributed by atoms with van der Waals surface area (Å²) < 4.78 is 12.6. The van der Waals surface area contributed by atoms with Gasteiger partial charge < -0.3 is 19.7 Å². The number of thioether (sulfide) groups is 1. The number of aromatic nitrogens is 4. The zero-order chi connectivity index (χ0) is 22.3. The van der Waals surface area contributed by atoms with Crippen molar-refractivity contribution in [3.05, 3.63) is 30.5 Å². The molecule has 1 aliphatic heterocycles. The first kappa shape index (κ1) is 22.2. The van der Waals surface area contributed by atoms with E-state index in [2.05, 4.69) is 22.2 Å². The zero-order valence-electron chi connectivity index (χ0n) is 18.4. The molecule has 4 rings (SSSR count). The molecule has 0 atom stereocenters. The highest BCUT2D eigenvalue weighted by atomic mass is 32.2. The van der Waals surface area contributed by atoms with Crippen molar-refractivity contribution in [1.29, 1.82) is 0 Å². The fourth-order valence-electron chi connectivity index (χ4n) is 3.68. The number of para-hydroxylation sites is 2. The van der Waals surface area contributed by atoms with Crippen LogP contribution in [0.5, 0.6) is 11.5 Å². The quantitative estimate of drug-likeness (QED) is 0.368. The van der Waals surface area contributed by atoms with Crippen LogP contribution in [-0.2, 0) is 11.3 Å². The molecule has 1 N–H and O–H groups in total. The highest BCUT2D eigenvalue weighted by molar-refractivity contribution is 7.99. The molecule has 1 amide bonds. The van der Waals surface area contributed by atoms with E-state index in [1.807, 2.05) is 23.0 Å². The van der Waals surface area contributed by atoms with E-state index >= 15 is 0 Å². The maximum atomic E-state index is 12.2. The number of hydrogen-bond donors (Lipinski definition) is 1.